The van der Waals surface area contributed by atoms with Gasteiger partial charge in [0, 0.05) is 24.2 Å². The number of methoxy groups -OCH3 is 2. The van der Waals surface area contributed by atoms with Crippen molar-refractivity contribution in [2.24, 2.45) is 0 Å². The van der Waals surface area contributed by atoms with E-state index in [2.05, 4.69) is 5.32 Å². The fraction of sp³-hybridized carbons (Fsp3) is 0.375. The normalized spacial score (nSPS) is 12.5. The molecule has 0 aliphatic rings. The quantitative estimate of drug-likeness (QED) is 0.183. The zero-order valence-electron chi connectivity index (χ0n) is 26.3. The Kier molecular flexibility index (Phi) is 11.9. The Morgan fingerprint density at radius 2 is 1.51 bits per heavy atom. The van der Waals surface area contributed by atoms with Crippen LogP contribution in [0.15, 0.2) is 71.6 Å². The van der Waals surface area contributed by atoms with Gasteiger partial charge in [-0.25, -0.2) is 8.42 Å². The van der Waals surface area contributed by atoms with Crippen LogP contribution in [0.25, 0.3) is 0 Å². The summed E-state index contributed by atoms with van der Waals surface area (Å²) in [6.45, 7) is 6.41. The molecule has 45 heavy (non-hydrogen) atoms. The number of aryl methyl sites for hydroxylation is 1. The molecule has 2 atom stereocenters. The number of nitrogens with one attached hydrogen (secondary N) is 1. The minimum atomic E-state index is -4.51. The van der Waals surface area contributed by atoms with Crippen LogP contribution in [0.4, 0.5) is 11.4 Å². The van der Waals surface area contributed by atoms with Crippen LogP contribution < -0.4 is 19.1 Å². The molecule has 1 N–H and O–H groups in total. The number of hydrogen-bond donors (Lipinski definition) is 1. The van der Waals surface area contributed by atoms with Crippen LogP contribution in [0.1, 0.15) is 44.7 Å². The van der Waals surface area contributed by atoms with Crippen LogP contribution in [-0.4, -0.2) is 62.9 Å². The Labute approximate surface area is 264 Å². The molecule has 2 unspecified atom stereocenters. The maximum absolute atomic E-state index is 14.2. The molecule has 0 aliphatic heterocycles. The van der Waals surface area contributed by atoms with E-state index in [1.165, 1.54) is 50.3 Å². The van der Waals surface area contributed by atoms with Gasteiger partial charge in [0.25, 0.3) is 15.7 Å². The van der Waals surface area contributed by atoms with Crippen molar-refractivity contribution in [3.63, 3.8) is 0 Å². The first-order chi connectivity index (χ1) is 21.4. The van der Waals surface area contributed by atoms with Crippen LogP contribution in [0.2, 0.25) is 0 Å². The van der Waals surface area contributed by atoms with Gasteiger partial charge in [-0.3, -0.25) is 24.0 Å². The summed E-state index contributed by atoms with van der Waals surface area (Å²) in [5.74, 6) is 0.0733. The molecule has 3 rings (SSSR count). The van der Waals surface area contributed by atoms with Crippen molar-refractivity contribution in [2.45, 2.75) is 64.1 Å². The second kappa shape index (κ2) is 15.4. The highest BCUT2D eigenvalue weighted by Crippen LogP contribution is 2.30. The first-order valence-electron chi connectivity index (χ1n) is 14.5. The van der Waals surface area contributed by atoms with Crippen LogP contribution in [0.3, 0.4) is 0 Å². The Hall–Kier alpha value is -4.65. The molecule has 0 aromatic heterocycles. The van der Waals surface area contributed by atoms with Gasteiger partial charge in [0.1, 0.15) is 24.1 Å². The SMILES string of the molecule is CCC(C)NC(=O)C(CC)N(Cc1ccc(OC)cc1)C(=O)CN(c1ccc(OC)cc1)S(=O)(=O)c1ccc(C)c([N+](=O)[O-])c1. The van der Waals surface area contributed by atoms with Crippen LogP contribution in [0.5, 0.6) is 11.5 Å². The topological polar surface area (TPSA) is 148 Å². The van der Waals surface area contributed by atoms with E-state index in [1.54, 1.807) is 43.3 Å². The number of hydrogen-bond acceptors (Lipinski definition) is 8. The zero-order chi connectivity index (χ0) is 33.3. The average molecular weight is 641 g/mol. The monoisotopic (exact) mass is 640 g/mol. The highest BCUT2D eigenvalue weighted by atomic mass is 32.2. The molecule has 3 aromatic rings. The number of ether oxygens (including phenoxy) is 2. The number of amides is 2. The number of anilines is 1. The molecule has 13 heteroatoms. The lowest BCUT2D eigenvalue weighted by Crippen LogP contribution is -2.53. The Bertz CT molecular complexity index is 1590. The van der Waals surface area contributed by atoms with E-state index in [1.807, 2.05) is 13.8 Å². The van der Waals surface area contributed by atoms with Crippen molar-refractivity contribution >= 4 is 33.2 Å². The van der Waals surface area contributed by atoms with E-state index in [-0.39, 0.29) is 46.7 Å². The maximum atomic E-state index is 14.2. The van der Waals surface area contributed by atoms with Gasteiger partial charge in [0.2, 0.25) is 11.8 Å². The van der Waals surface area contributed by atoms with E-state index >= 15 is 0 Å². The molecule has 12 nitrogen and oxygen atoms in total. The van der Waals surface area contributed by atoms with E-state index in [9.17, 15) is 28.1 Å². The minimum absolute atomic E-state index is 0.0156. The third kappa shape index (κ3) is 8.50. The fourth-order valence-electron chi connectivity index (χ4n) is 4.64. The average Bonchev–Trinajstić information content (AvgIpc) is 3.03. The molecule has 2 amide bonds. The van der Waals surface area contributed by atoms with Crippen LogP contribution >= 0.6 is 0 Å². The largest absolute Gasteiger partial charge is 0.497 e. The molecule has 3 aromatic carbocycles. The van der Waals surface area contributed by atoms with E-state index in [0.717, 1.165) is 10.4 Å². The fourth-order valence-corrected chi connectivity index (χ4v) is 6.07. The number of carbonyl (C=O) groups excluding carboxylic acids is 2. The van der Waals surface area contributed by atoms with Crippen molar-refractivity contribution < 1.29 is 32.4 Å². The standard InChI is InChI=1S/C32H40N4O8S/c1-7-23(4)33-32(38)29(8-2)34(20-24-10-14-26(43-5)15-11-24)31(37)21-35(25-12-16-27(44-6)17-13-25)45(41,42)28-18-9-22(3)30(19-28)36(39)40/h9-19,23,29H,7-8,20-21H2,1-6H3,(H,33,38). The summed E-state index contributed by atoms with van der Waals surface area (Å²) in [4.78, 5) is 39.6. The minimum Gasteiger partial charge on any atom is -0.497 e. The third-order valence-electron chi connectivity index (χ3n) is 7.50. The number of benzene rings is 3. The van der Waals surface area contributed by atoms with Gasteiger partial charge in [-0.05, 0) is 74.7 Å². The first kappa shape index (κ1) is 34.8. The smallest absolute Gasteiger partial charge is 0.273 e. The summed E-state index contributed by atoms with van der Waals surface area (Å²) < 4.78 is 39.6. The van der Waals surface area contributed by atoms with Crippen LogP contribution in [0, 0.1) is 17.0 Å². The third-order valence-corrected chi connectivity index (χ3v) is 9.27. The number of sulfonamides is 1. The lowest BCUT2D eigenvalue weighted by Gasteiger charge is -2.33. The lowest BCUT2D eigenvalue weighted by molar-refractivity contribution is -0.385. The lowest BCUT2D eigenvalue weighted by atomic mass is 10.1. The molecule has 0 aliphatic carbocycles. The summed E-state index contributed by atoms with van der Waals surface area (Å²) in [6.07, 6.45) is 0.949. The zero-order valence-corrected chi connectivity index (χ0v) is 27.2. The highest BCUT2D eigenvalue weighted by Gasteiger charge is 2.34. The molecule has 0 heterocycles. The van der Waals surface area contributed by atoms with E-state index in [0.29, 0.717) is 23.5 Å². The van der Waals surface area contributed by atoms with Gasteiger partial charge in [0.05, 0.1) is 29.7 Å². The Balaban J connectivity index is 2.12. The molecule has 0 fully saturated rings. The molecular formula is C32H40N4O8S. The number of nitro benzene ring substituents is 1. The highest BCUT2D eigenvalue weighted by molar-refractivity contribution is 7.92. The summed E-state index contributed by atoms with van der Waals surface area (Å²) in [6, 6.07) is 15.6. The predicted octanol–water partition coefficient (Wildman–Crippen LogP) is 4.84. The second-order valence-corrected chi connectivity index (χ2v) is 12.4. The number of nitro groups is 1. The number of carbonyl (C=O) groups is 2. The Morgan fingerprint density at radius 3 is 2.02 bits per heavy atom. The molecule has 0 saturated carbocycles. The number of rotatable bonds is 15. The summed E-state index contributed by atoms with van der Waals surface area (Å²) in [5.41, 5.74) is 0.751. The van der Waals surface area contributed by atoms with Gasteiger partial charge >= 0.3 is 0 Å². The summed E-state index contributed by atoms with van der Waals surface area (Å²) in [7, 11) is -1.51. The maximum Gasteiger partial charge on any atom is 0.273 e. The molecule has 0 bridgehead atoms. The molecule has 0 saturated heterocycles. The molecular weight excluding hydrogens is 600 g/mol. The summed E-state index contributed by atoms with van der Waals surface area (Å²) >= 11 is 0. The van der Waals surface area contributed by atoms with Crippen molar-refractivity contribution in [2.75, 3.05) is 25.1 Å². The van der Waals surface area contributed by atoms with E-state index in [4.69, 9.17) is 9.47 Å². The summed E-state index contributed by atoms with van der Waals surface area (Å²) in [5, 5.41) is 14.6. The van der Waals surface area contributed by atoms with Gasteiger partial charge in [0.15, 0.2) is 0 Å². The van der Waals surface area contributed by atoms with Crippen molar-refractivity contribution in [1.82, 2.24) is 10.2 Å². The molecule has 0 spiro atoms. The number of nitrogens with zero attached hydrogens (tertiary/aromatic N) is 3. The molecule has 242 valence electrons. The van der Waals surface area contributed by atoms with Crippen molar-refractivity contribution in [3.05, 3.63) is 88.0 Å². The first-order valence-corrected chi connectivity index (χ1v) is 15.9. The van der Waals surface area contributed by atoms with Gasteiger partial charge < -0.3 is 19.7 Å². The van der Waals surface area contributed by atoms with Crippen molar-refractivity contribution in [1.29, 1.82) is 0 Å². The van der Waals surface area contributed by atoms with Crippen LogP contribution in [-0.2, 0) is 26.2 Å². The molecule has 0 radical (unpaired) electrons. The van der Waals surface area contributed by atoms with Crippen molar-refractivity contribution in [3.8, 4) is 11.5 Å². The Morgan fingerprint density at radius 1 is 0.933 bits per heavy atom. The second-order valence-electron chi connectivity index (χ2n) is 10.5. The van der Waals surface area contributed by atoms with Gasteiger partial charge in [-0.2, -0.15) is 0 Å². The van der Waals surface area contributed by atoms with E-state index < -0.39 is 33.4 Å². The van der Waals surface area contributed by atoms with Gasteiger partial charge in [-0.1, -0.05) is 32.0 Å². The van der Waals surface area contributed by atoms with Gasteiger partial charge in [-0.15, -0.1) is 0 Å². The predicted molar refractivity (Wildman–Crippen MR) is 171 cm³/mol.